The molecule has 148 valence electrons. The molecule has 2 amide bonds. The summed E-state index contributed by atoms with van der Waals surface area (Å²) in [5.41, 5.74) is 4.72. The molecule has 1 aliphatic heterocycles. The van der Waals surface area contributed by atoms with Crippen LogP contribution in [0.4, 0.5) is 5.13 Å². The fraction of sp³-hybridized carbons (Fsp3) is 0.273. The summed E-state index contributed by atoms with van der Waals surface area (Å²) in [6.07, 6.45) is 2.03. The van der Waals surface area contributed by atoms with Crippen LogP contribution in [0, 0.1) is 13.8 Å². The monoisotopic (exact) mass is 406 g/mol. The normalized spacial score (nSPS) is 13.5. The van der Waals surface area contributed by atoms with E-state index in [0.29, 0.717) is 10.8 Å². The molecule has 2 aromatic heterocycles. The van der Waals surface area contributed by atoms with E-state index in [4.69, 9.17) is 0 Å². The van der Waals surface area contributed by atoms with Crippen LogP contribution in [0.1, 0.15) is 44.9 Å². The van der Waals surface area contributed by atoms with E-state index in [9.17, 15) is 9.59 Å². The van der Waals surface area contributed by atoms with Crippen molar-refractivity contribution in [3.8, 4) is 11.3 Å². The van der Waals surface area contributed by atoms with Crippen molar-refractivity contribution in [2.24, 2.45) is 0 Å². The van der Waals surface area contributed by atoms with E-state index in [1.807, 2.05) is 24.4 Å². The minimum Gasteiger partial charge on any atom is -0.337 e. The molecule has 0 atom stereocenters. The van der Waals surface area contributed by atoms with Crippen LogP contribution in [0.2, 0.25) is 0 Å². The summed E-state index contributed by atoms with van der Waals surface area (Å²) >= 11 is 1.37. The Hall–Kier alpha value is -3.06. The van der Waals surface area contributed by atoms with Gasteiger partial charge in [0.2, 0.25) is 0 Å². The summed E-state index contributed by atoms with van der Waals surface area (Å²) in [7, 11) is 0. The molecule has 1 N–H and O–H groups in total. The molecule has 4 rings (SSSR count). The van der Waals surface area contributed by atoms with Gasteiger partial charge in [0.1, 0.15) is 11.4 Å². The van der Waals surface area contributed by atoms with Crippen molar-refractivity contribution < 1.29 is 9.59 Å². The van der Waals surface area contributed by atoms with Gasteiger partial charge in [-0.3, -0.25) is 14.9 Å². The predicted octanol–water partition coefficient (Wildman–Crippen LogP) is 4.31. The van der Waals surface area contributed by atoms with Crippen LogP contribution in [0.15, 0.2) is 41.8 Å². The van der Waals surface area contributed by atoms with Gasteiger partial charge in [-0.2, -0.15) is 0 Å². The molecular formula is C22H22N4O2S. The number of rotatable bonds is 4. The van der Waals surface area contributed by atoms with Gasteiger partial charge < -0.3 is 4.90 Å². The van der Waals surface area contributed by atoms with Crippen molar-refractivity contribution in [1.29, 1.82) is 0 Å². The number of hydrogen-bond donors (Lipinski definition) is 1. The highest BCUT2D eigenvalue weighted by atomic mass is 32.1. The number of carbonyl (C=O) groups is 2. The summed E-state index contributed by atoms with van der Waals surface area (Å²) in [6, 6.07) is 11.1. The zero-order chi connectivity index (χ0) is 20.4. The molecule has 0 saturated carbocycles. The van der Waals surface area contributed by atoms with Gasteiger partial charge in [0, 0.05) is 24.0 Å². The maximum atomic E-state index is 12.6. The highest BCUT2D eigenvalue weighted by Gasteiger charge is 2.21. The summed E-state index contributed by atoms with van der Waals surface area (Å²) < 4.78 is 0. The van der Waals surface area contributed by atoms with Crippen molar-refractivity contribution in [3.63, 3.8) is 0 Å². The van der Waals surface area contributed by atoms with Crippen LogP contribution in [0.3, 0.4) is 0 Å². The van der Waals surface area contributed by atoms with E-state index < -0.39 is 0 Å². The molecule has 1 aromatic carbocycles. The van der Waals surface area contributed by atoms with Gasteiger partial charge in [0.15, 0.2) is 5.13 Å². The molecule has 3 heterocycles. The Bertz CT molecular complexity index is 1070. The van der Waals surface area contributed by atoms with Crippen molar-refractivity contribution in [2.45, 2.75) is 26.7 Å². The molecule has 0 spiro atoms. The number of hydrogen-bond acceptors (Lipinski definition) is 5. The van der Waals surface area contributed by atoms with Crippen LogP contribution in [0.5, 0.6) is 0 Å². The molecular weight excluding hydrogens is 384 g/mol. The van der Waals surface area contributed by atoms with Gasteiger partial charge in [-0.05, 0) is 44.4 Å². The Labute approximate surface area is 173 Å². The first kappa shape index (κ1) is 19.3. The third-order valence-electron chi connectivity index (χ3n) is 4.98. The van der Waals surface area contributed by atoms with Gasteiger partial charge >= 0.3 is 0 Å². The van der Waals surface area contributed by atoms with Crippen molar-refractivity contribution in [2.75, 3.05) is 18.4 Å². The smallest absolute Gasteiger partial charge is 0.276 e. The van der Waals surface area contributed by atoms with Crippen molar-refractivity contribution in [1.82, 2.24) is 14.9 Å². The molecule has 29 heavy (non-hydrogen) atoms. The minimum absolute atomic E-state index is 0.122. The zero-order valence-electron chi connectivity index (χ0n) is 16.4. The fourth-order valence-corrected chi connectivity index (χ4v) is 4.19. The number of anilines is 1. The Morgan fingerprint density at radius 3 is 2.55 bits per heavy atom. The lowest BCUT2D eigenvalue weighted by molar-refractivity contribution is 0.0787. The van der Waals surface area contributed by atoms with E-state index in [1.165, 1.54) is 16.9 Å². The molecule has 0 aliphatic carbocycles. The van der Waals surface area contributed by atoms with Crippen LogP contribution >= 0.6 is 11.3 Å². The Kier molecular flexibility index (Phi) is 5.40. The second-order valence-corrected chi connectivity index (χ2v) is 8.08. The number of amides is 2. The van der Waals surface area contributed by atoms with Gasteiger partial charge in [0.25, 0.3) is 11.8 Å². The van der Waals surface area contributed by atoms with Gasteiger partial charge in [-0.1, -0.05) is 29.8 Å². The highest BCUT2D eigenvalue weighted by Crippen LogP contribution is 2.28. The summed E-state index contributed by atoms with van der Waals surface area (Å²) in [6.45, 7) is 5.60. The molecule has 0 radical (unpaired) electrons. The lowest BCUT2D eigenvalue weighted by atomic mass is 10.0. The first-order valence-corrected chi connectivity index (χ1v) is 10.5. The van der Waals surface area contributed by atoms with Crippen LogP contribution in [-0.4, -0.2) is 39.8 Å². The average molecular weight is 407 g/mol. The number of carbonyl (C=O) groups excluding carboxylic acids is 2. The fourth-order valence-electron chi connectivity index (χ4n) is 3.48. The summed E-state index contributed by atoms with van der Waals surface area (Å²) in [4.78, 5) is 35.7. The molecule has 7 heteroatoms. The Morgan fingerprint density at radius 1 is 1.03 bits per heavy atom. The van der Waals surface area contributed by atoms with Gasteiger partial charge in [-0.15, -0.1) is 11.3 Å². The third kappa shape index (κ3) is 4.19. The number of likely N-dealkylation sites (tertiary alicyclic amines) is 1. The van der Waals surface area contributed by atoms with Crippen molar-refractivity contribution in [3.05, 3.63) is 64.3 Å². The first-order valence-electron chi connectivity index (χ1n) is 9.62. The van der Waals surface area contributed by atoms with E-state index >= 15 is 0 Å². The van der Waals surface area contributed by atoms with Gasteiger partial charge in [0.05, 0.1) is 5.69 Å². The second kappa shape index (κ2) is 8.13. The van der Waals surface area contributed by atoms with E-state index in [1.54, 1.807) is 23.1 Å². The average Bonchev–Trinajstić information content (AvgIpc) is 3.40. The second-order valence-electron chi connectivity index (χ2n) is 7.22. The number of aryl methyl sites for hydroxylation is 2. The lowest BCUT2D eigenvalue weighted by Gasteiger charge is -2.14. The molecule has 6 nitrogen and oxygen atoms in total. The first-order chi connectivity index (χ1) is 14.0. The zero-order valence-corrected chi connectivity index (χ0v) is 17.3. The lowest BCUT2D eigenvalue weighted by Crippen LogP contribution is -2.29. The topological polar surface area (TPSA) is 75.2 Å². The Morgan fingerprint density at radius 2 is 1.79 bits per heavy atom. The molecule has 3 aromatic rings. The number of thiazole rings is 1. The van der Waals surface area contributed by atoms with E-state index in [-0.39, 0.29) is 17.5 Å². The maximum Gasteiger partial charge on any atom is 0.276 e. The molecule has 1 saturated heterocycles. The largest absolute Gasteiger partial charge is 0.337 e. The molecule has 0 bridgehead atoms. The van der Waals surface area contributed by atoms with Crippen LogP contribution in [0.25, 0.3) is 11.3 Å². The summed E-state index contributed by atoms with van der Waals surface area (Å²) in [5, 5.41) is 5.22. The van der Waals surface area contributed by atoms with E-state index in [2.05, 4.69) is 28.3 Å². The quantitative estimate of drug-likeness (QED) is 0.701. The predicted molar refractivity (Wildman–Crippen MR) is 114 cm³/mol. The third-order valence-corrected chi connectivity index (χ3v) is 5.73. The Balaban J connectivity index is 1.49. The van der Waals surface area contributed by atoms with Crippen LogP contribution < -0.4 is 5.32 Å². The number of nitrogens with one attached hydrogen (secondary N) is 1. The number of nitrogens with zero attached hydrogens (tertiary/aromatic N) is 3. The maximum absolute atomic E-state index is 12.6. The van der Waals surface area contributed by atoms with Crippen molar-refractivity contribution >= 4 is 28.3 Å². The van der Waals surface area contributed by atoms with E-state index in [0.717, 1.165) is 42.8 Å². The number of pyridine rings is 1. The standard InChI is InChI=1S/C22H22N4O2S/c1-14-8-9-16(15(2)12-14)19-13-29-22(24-19)25-20(27)17-6-5-7-18(23-17)21(28)26-10-3-4-11-26/h5-9,12-13H,3-4,10-11H2,1-2H3,(H,24,25,27). The molecule has 0 unspecified atom stereocenters. The summed E-state index contributed by atoms with van der Waals surface area (Å²) in [5.74, 6) is -0.494. The number of aromatic nitrogens is 2. The van der Waals surface area contributed by atoms with Crippen LogP contribution in [-0.2, 0) is 0 Å². The van der Waals surface area contributed by atoms with Gasteiger partial charge in [-0.25, -0.2) is 9.97 Å². The minimum atomic E-state index is -0.373. The molecule has 1 aliphatic rings. The molecule has 1 fully saturated rings. The highest BCUT2D eigenvalue weighted by molar-refractivity contribution is 7.14. The SMILES string of the molecule is Cc1ccc(-c2csc(NC(=O)c3cccc(C(=O)N4CCCC4)n3)n2)c(C)c1. The number of benzene rings is 1.